The summed E-state index contributed by atoms with van der Waals surface area (Å²) in [7, 11) is 0. The van der Waals surface area contributed by atoms with Crippen LogP contribution in [0.2, 0.25) is 0 Å². The van der Waals surface area contributed by atoms with Crippen molar-refractivity contribution in [3.63, 3.8) is 0 Å². The summed E-state index contributed by atoms with van der Waals surface area (Å²) in [5.41, 5.74) is 3.04. The van der Waals surface area contributed by atoms with Crippen LogP contribution in [0.15, 0.2) is 72.8 Å². The molecule has 0 radical (unpaired) electrons. The maximum absolute atomic E-state index is 11.0. The Labute approximate surface area is 152 Å². The van der Waals surface area contributed by atoms with Crippen molar-refractivity contribution in [2.75, 3.05) is 0 Å². The van der Waals surface area contributed by atoms with E-state index in [0.29, 0.717) is 35.8 Å². The molecule has 0 aliphatic rings. The van der Waals surface area contributed by atoms with Crippen LogP contribution in [0.25, 0.3) is 0 Å². The van der Waals surface area contributed by atoms with Crippen LogP contribution in [0.4, 0.5) is 0 Å². The van der Waals surface area contributed by atoms with Crippen molar-refractivity contribution in [2.45, 2.75) is 13.2 Å². The number of ether oxygens (including phenoxy) is 2. The maximum atomic E-state index is 11.0. The molecular formula is C22H18O4. The lowest BCUT2D eigenvalue weighted by molar-refractivity contribution is 0.111. The van der Waals surface area contributed by atoms with Gasteiger partial charge in [0, 0.05) is 0 Å². The second-order valence-electron chi connectivity index (χ2n) is 5.71. The average Bonchev–Trinajstić information content (AvgIpc) is 2.72. The fraction of sp³-hybridized carbons (Fsp3) is 0.0909. The third kappa shape index (κ3) is 4.36. The molecule has 0 atom stereocenters. The van der Waals surface area contributed by atoms with Crippen LogP contribution in [0.3, 0.4) is 0 Å². The summed E-state index contributed by atoms with van der Waals surface area (Å²) in [6, 6.07) is 22.1. The lowest BCUT2D eigenvalue weighted by Gasteiger charge is -2.10. The third-order valence-electron chi connectivity index (χ3n) is 3.90. The molecule has 0 aromatic heterocycles. The van der Waals surface area contributed by atoms with Crippen LogP contribution in [-0.2, 0) is 13.2 Å². The van der Waals surface area contributed by atoms with E-state index in [0.717, 1.165) is 23.7 Å². The van der Waals surface area contributed by atoms with Crippen molar-refractivity contribution >= 4 is 12.6 Å². The molecule has 0 amide bonds. The summed E-state index contributed by atoms with van der Waals surface area (Å²) in [6.07, 6.45) is 1.57. The Hall–Kier alpha value is -3.40. The highest BCUT2D eigenvalue weighted by Crippen LogP contribution is 2.19. The lowest BCUT2D eigenvalue weighted by Crippen LogP contribution is -2.00. The molecule has 0 aliphatic heterocycles. The van der Waals surface area contributed by atoms with E-state index >= 15 is 0 Å². The molecule has 0 bridgehead atoms. The summed E-state index contributed by atoms with van der Waals surface area (Å²) in [5, 5.41) is 0. The Morgan fingerprint density at radius 2 is 0.962 bits per heavy atom. The number of hydrogen-bond acceptors (Lipinski definition) is 4. The van der Waals surface area contributed by atoms with E-state index in [-0.39, 0.29) is 0 Å². The highest BCUT2D eigenvalue weighted by molar-refractivity contribution is 5.79. The van der Waals surface area contributed by atoms with E-state index in [2.05, 4.69) is 0 Å². The lowest BCUT2D eigenvalue weighted by atomic mass is 10.1. The van der Waals surface area contributed by atoms with E-state index in [1.54, 1.807) is 36.4 Å². The molecule has 26 heavy (non-hydrogen) atoms. The largest absolute Gasteiger partial charge is 0.488 e. The van der Waals surface area contributed by atoms with Crippen molar-refractivity contribution in [2.24, 2.45) is 0 Å². The van der Waals surface area contributed by atoms with Gasteiger partial charge >= 0.3 is 0 Å². The first-order valence-electron chi connectivity index (χ1n) is 8.22. The van der Waals surface area contributed by atoms with Gasteiger partial charge in [-0.25, -0.2) is 0 Å². The molecule has 3 aromatic carbocycles. The van der Waals surface area contributed by atoms with E-state index < -0.39 is 0 Å². The zero-order valence-electron chi connectivity index (χ0n) is 14.1. The number of benzene rings is 3. The Kier molecular flexibility index (Phi) is 5.78. The van der Waals surface area contributed by atoms with Crippen molar-refractivity contribution in [3.8, 4) is 11.5 Å². The number of para-hydroxylation sites is 2. The van der Waals surface area contributed by atoms with E-state index in [4.69, 9.17) is 9.47 Å². The topological polar surface area (TPSA) is 52.6 Å². The standard InChI is InChI=1S/C22H18O4/c23-13-19-5-1-3-7-21(19)25-15-17-9-11-18(12-10-17)16-26-22-8-4-2-6-20(22)14-24/h1-14H,15-16H2. The summed E-state index contributed by atoms with van der Waals surface area (Å²) in [5.74, 6) is 1.14. The maximum Gasteiger partial charge on any atom is 0.153 e. The van der Waals surface area contributed by atoms with Gasteiger partial charge in [0.2, 0.25) is 0 Å². The SMILES string of the molecule is O=Cc1ccccc1OCc1ccc(COc2ccccc2C=O)cc1. The first-order chi connectivity index (χ1) is 12.8. The molecule has 130 valence electrons. The van der Waals surface area contributed by atoms with Gasteiger partial charge in [0.15, 0.2) is 12.6 Å². The second-order valence-corrected chi connectivity index (χ2v) is 5.71. The Balaban J connectivity index is 1.58. The van der Waals surface area contributed by atoms with Crippen molar-refractivity contribution in [1.82, 2.24) is 0 Å². The van der Waals surface area contributed by atoms with Crippen molar-refractivity contribution in [1.29, 1.82) is 0 Å². The van der Waals surface area contributed by atoms with Crippen LogP contribution in [0, 0.1) is 0 Å². The predicted molar refractivity (Wildman–Crippen MR) is 98.8 cm³/mol. The summed E-state index contributed by atoms with van der Waals surface area (Å²) >= 11 is 0. The van der Waals surface area contributed by atoms with Gasteiger partial charge in [-0.1, -0.05) is 48.5 Å². The van der Waals surface area contributed by atoms with Gasteiger partial charge in [-0.15, -0.1) is 0 Å². The van der Waals surface area contributed by atoms with Gasteiger partial charge in [0.1, 0.15) is 24.7 Å². The minimum Gasteiger partial charge on any atom is -0.488 e. The van der Waals surface area contributed by atoms with Crippen molar-refractivity contribution < 1.29 is 19.1 Å². The van der Waals surface area contributed by atoms with Crippen LogP contribution >= 0.6 is 0 Å². The number of carbonyl (C=O) groups excluding carboxylic acids is 2. The van der Waals surface area contributed by atoms with E-state index in [9.17, 15) is 9.59 Å². The van der Waals surface area contributed by atoms with E-state index in [1.165, 1.54) is 0 Å². The van der Waals surface area contributed by atoms with Crippen LogP contribution in [0.5, 0.6) is 11.5 Å². The zero-order valence-corrected chi connectivity index (χ0v) is 14.1. The molecule has 0 heterocycles. The van der Waals surface area contributed by atoms with Crippen LogP contribution < -0.4 is 9.47 Å². The normalized spacial score (nSPS) is 10.2. The smallest absolute Gasteiger partial charge is 0.153 e. The Bertz CT molecular complexity index is 810. The second kappa shape index (κ2) is 8.62. The number of hydrogen-bond donors (Lipinski definition) is 0. The molecule has 3 aromatic rings. The van der Waals surface area contributed by atoms with Gasteiger partial charge in [0.05, 0.1) is 11.1 Å². The minimum absolute atomic E-state index is 0.375. The summed E-state index contributed by atoms with van der Waals surface area (Å²) in [4.78, 5) is 22.0. The highest BCUT2D eigenvalue weighted by Gasteiger charge is 2.04. The number of carbonyl (C=O) groups is 2. The highest BCUT2D eigenvalue weighted by atomic mass is 16.5. The van der Waals surface area contributed by atoms with Gasteiger partial charge < -0.3 is 9.47 Å². The molecule has 0 fully saturated rings. The molecule has 0 aliphatic carbocycles. The molecule has 3 rings (SSSR count). The molecule has 0 spiro atoms. The van der Waals surface area contributed by atoms with Crippen LogP contribution in [0.1, 0.15) is 31.8 Å². The minimum atomic E-state index is 0.375. The van der Waals surface area contributed by atoms with Gasteiger partial charge in [0.25, 0.3) is 0 Å². The Morgan fingerprint density at radius 1 is 0.577 bits per heavy atom. The molecule has 0 unspecified atom stereocenters. The Morgan fingerprint density at radius 3 is 1.35 bits per heavy atom. The average molecular weight is 346 g/mol. The quantitative estimate of drug-likeness (QED) is 0.565. The summed E-state index contributed by atoms with van der Waals surface area (Å²) in [6.45, 7) is 0.750. The van der Waals surface area contributed by atoms with Gasteiger partial charge in [-0.2, -0.15) is 0 Å². The predicted octanol–water partition coefficient (Wildman–Crippen LogP) is 4.47. The zero-order chi connectivity index (χ0) is 18.2. The van der Waals surface area contributed by atoms with Gasteiger partial charge in [-0.3, -0.25) is 9.59 Å². The van der Waals surface area contributed by atoms with Gasteiger partial charge in [-0.05, 0) is 35.4 Å². The molecule has 4 heteroatoms. The monoisotopic (exact) mass is 346 g/mol. The fourth-order valence-corrected chi connectivity index (χ4v) is 2.47. The number of rotatable bonds is 8. The first kappa shape index (κ1) is 17.4. The molecule has 0 saturated heterocycles. The number of aldehydes is 2. The van der Waals surface area contributed by atoms with E-state index in [1.807, 2.05) is 36.4 Å². The first-order valence-corrected chi connectivity index (χ1v) is 8.22. The molecule has 4 nitrogen and oxygen atoms in total. The van der Waals surface area contributed by atoms with Crippen LogP contribution in [-0.4, -0.2) is 12.6 Å². The van der Waals surface area contributed by atoms with Crippen molar-refractivity contribution in [3.05, 3.63) is 95.1 Å². The summed E-state index contributed by atoms with van der Waals surface area (Å²) < 4.78 is 11.4. The molecule has 0 saturated carbocycles. The third-order valence-corrected chi connectivity index (χ3v) is 3.90. The molecule has 0 N–H and O–H groups in total. The molecular weight excluding hydrogens is 328 g/mol. The fourth-order valence-electron chi connectivity index (χ4n) is 2.47.